The van der Waals surface area contributed by atoms with Gasteiger partial charge in [-0.15, -0.1) is 0 Å². The van der Waals surface area contributed by atoms with Crippen molar-refractivity contribution in [3.05, 3.63) is 92.3 Å². The van der Waals surface area contributed by atoms with Crippen molar-refractivity contribution in [3.63, 3.8) is 0 Å². The van der Waals surface area contributed by atoms with E-state index in [9.17, 15) is 19.7 Å². The number of anilines is 1. The average Bonchev–Trinajstić information content (AvgIpc) is 2.84. The van der Waals surface area contributed by atoms with Crippen LogP contribution in [0.4, 0.5) is 11.4 Å². The first-order chi connectivity index (χ1) is 16.8. The maximum atomic E-state index is 13.5. The minimum atomic E-state index is -0.589. The summed E-state index contributed by atoms with van der Waals surface area (Å²) in [5.41, 5.74) is 2.60. The number of rotatable bonds is 7. The van der Waals surface area contributed by atoms with Crippen molar-refractivity contribution in [1.82, 2.24) is 9.55 Å². The van der Waals surface area contributed by atoms with E-state index in [1.54, 1.807) is 24.3 Å². The number of methoxy groups -OCH3 is 1. The minimum Gasteiger partial charge on any atom is -0.496 e. The van der Waals surface area contributed by atoms with E-state index >= 15 is 0 Å². The number of hydrogen-bond donors (Lipinski definition) is 1. The van der Waals surface area contributed by atoms with E-state index in [-0.39, 0.29) is 22.7 Å². The van der Waals surface area contributed by atoms with Crippen molar-refractivity contribution in [3.8, 4) is 11.4 Å². The normalized spacial score (nSPS) is 10.8. The van der Waals surface area contributed by atoms with Gasteiger partial charge in [0.05, 0.1) is 40.4 Å². The monoisotopic (exact) mass is 490 g/mol. The molecule has 1 N–H and O–H groups in total. The molecule has 0 aliphatic carbocycles. The zero-order valence-corrected chi connectivity index (χ0v) is 20.1. The highest BCUT2D eigenvalue weighted by atomic mass is 32.2. The fourth-order valence-electron chi connectivity index (χ4n) is 3.59. The van der Waals surface area contributed by atoms with Crippen molar-refractivity contribution in [2.75, 3.05) is 18.2 Å². The van der Waals surface area contributed by atoms with Gasteiger partial charge in [0.2, 0.25) is 5.91 Å². The number of aryl methyl sites for hydroxylation is 2. The van der Waals surface area contributed by atoms with Crippen molar-refractivity contribution in [1.29, 1.82) is 0 Å². The Morgan fingerprint density at radius 2 is 1.91 bits per heavy atom. The lowest BCUT2D eigenvalue weighted by Gasteiger charge is -2.16. The van der Waals surface area contributed by atoms with Gasteiger partial charge in [-0.2, -0.15) is 0 Å². The molecular formula is C25H22N4O5S. The second kappa shape index (κ2) is 9.98. The first-order valence-corrected chi connectivity index (χ1v) is 11.6. The molecule has 0 radical (unpaired) electrons. The molecule has 0 unspecified atom stereocenters. The van der Waals surface area contributed by atoms with E-state index in [0.717, 1.165) is 22.9 Å². The summed E-state index contributed by atoms with van der Waals surface area (Å²) < 4.78 is 6.54. The van der Waals surface area contributed by atoms with E-state index in [1.807, 2.05) is 32.0 Å². The van der Waals surface area contributed by atoms with Crippen LogP contribution in [0.2, 0.25) is 0 Å². The standard InChI is InChI=1S/C25H22N4O5S/c1-15-8-9-16(2)21(12-15)28-24(31)18-6-4-5-7-19(18)27-25(28)35-14-23(30)26-20-11-10-17(34-3)13-22(20)29(32)33/h4-13H,14H2,1-3H3,(H,26,30). The maximum absolute atomic E-state index is 13.5. The molecule has 0 saturated heterocycles. The number of amides is 1. The molecule has 178 valence electrons. The number of fused-ring (bicyclic) bond motifs is 1. The largest absolute Gasteiger partial charge is 0.496 e. The molecule has 4 aromatic rings. The number of carbonyl (C=O) groups is 1. The summed E-state index contributed by atoms with van der Waals surface area (Å²) in [5.74, 6) is -0.279. The summed E-state index contributed by atoms with van der Waals surface area (Å²) in [7, 11) is 1.40. The summed E-state index contributed by atoms with van der Waals surface area (Å²) in [5, 5.41) is 14.8. The molecule has 35 heavy (non-hydrogen) atoms. The van der Waals surface area contributed by atoms with Gasteiger partial charge in [0.25, 0.3) is 11.2 Å². The molecule has 0 aliphatic rings. The molecule has 0 atom stereocenters. The number of nitrogens with one attached hydrogen (secondary N) is 1. The Balaban J connectivity index is 1.68. The van der Waals surface area contributed by atoms with E-state index < -0.39 is 10.8 Å². The van der Waals surface area contributed by atoms with Gasteiger partial charge in [-0.3, -0.25) is 24.3 Å². The Bertz CT molecular complexity index is 1520. The molecule has 1 amide bonds. The lowest BCUT2D eigenvalue weighted by atomic mass is 10.1. The number of nitro groups is 1. The zero-order chi connectivity index (χ0) is 25.1. The van der Waals surface area contributed by atoms with Crippen LogP contribution in [0.25, 0.3) is 16.6 Å². The summed E-state index contributed by atoms with van der Waals surface area (Å²) in [6.45, 7) is 3.84. The number of carbonyl (C=O) groups excluding carboxylic acids is 1. The maximum Gasteiger partial charge on any atom is 0.296 e. The van der Waals surface area contributed by atoms with Crippen molar-refractivity contribution in [2.24, 2.45) is 0 Å². The predicted octanol–water partition coefficient (Wildman–Crippen LogP) is 4.65. The third-order valence-electron chi connectivity index (χ3n) is 5.36. The summed E-state index contributed by atoms with van der Waals surface area (Å²) in [6, 6.07) is 17.0. The highest BCUT2D eigenvalue weighted by molar-refractivity contribution is 7.99. The Hall–Kier alpha value is -4.18. The molecule has 10 heteroatoms. The number of thioether (sulfide) groups is 1. The Kier molecular flexibility index (Phi) is 6.83. The first-order valence-electron chi connectivity index (χ1n) is 10.6. The summed E-state index contributed by atoms with van der Waals surface area (Å²) in [6.07, 6.45) is 0. The molecule has 9 nitrogen and oxygen atoms in total. The Labute approximate surface area is 204 Å². The third kappa shape index (κ3) is 5.02. The van der Waals surface area contributed by atoms with Gasteiger partial charge in [-0.25, -0.2) is 4.98 Å². The van der Waals surface area contributed by atoms with Crippen LogP contribution >= 0.6 is 11.8 Å². The van der Waals surface area contributed by atoms with Crippen LogP contribution in [0.15, 0.2) is 70.6 Å². The van der Waals surface area contributed by atoms with E-state index in [2.05, 4.69) is 10.3 Å². The van der Waals surface area contributed by atoms with Crippen LogP contribution in [0.1, 0.15) is 11.1 Å². The van der Waals surface area contributed by atoms with Crippen LogP contribution < -0.4 is 15.6 Å². The molecule has 0 aliphatic heterocycles. The second-order valence-corrected chi connectivity index (χ2v) is 8.76. The van der Waals surface area contributed by atoms with E-state index in [1.165, 1.54) is 29.9 Å². The van der Waals surface area contributed by atoms with Gasteiger partial charge >= 0.3 is 0 Å². The van der Waals surface area contributed by atoms with Crippen LogP contribution in [0.5, 0.6) is 5.75 Å². The number of nitro benzene ring substituents is 1. The van der Waals surface area contributed by atoms with Gasteiger partial charge in [0, 0.05) is 0 Å². The molecule has 1 aromatic heterocycles. The highest BCUT2D eigenvalue weighted by Gasteiger charge is 2.19. The van der Waals surface area contributed by atoms with Crippen molar-refractivity contribution in [2.45, 2.75) is 19.0 Å². The van der Waals surface area contributed by atoms with Crippen molar-refractivity contribution >= 4 is 39.9 Å². The van der Waals surface area contributed by atoms with Crippen LogP contribution in [-0.2, 0) is 4.79 Å². The lowest BCUT2D eigenvalue weighted by molar-refractivity contribution is -0.384. The minimum absolute atomic E-state index is 0.0554. The molecule has 0 saturated carbocycles. The molecule has 0 spiro atoms. The fourth-order valence-corrected chi connectivity index (χ4v) is 4.40. The number of benzene rings is 3. The van der Waals surface area contributed by atoms with E-state index in [4.69, 9.17) is 4.74 Å². The van der Waals surface area contributed by atoms with Gasteiger partial charge in [0.1, 0.15) is 11.4 Å². The van der Waals surface area contributed by atoms with Gasteiger partial charge in [-0.05, 0) is 55.3 Å². The van der Waals surface area contributed by atoms with E-state index in [0.29, 0.717) is 27.5 Å². The van der Waals surface area contributed by atoms with Crippen LogP contribution in [0, 0.1) is 24.0 Å². The van der Waals surface area contributed by atoms with Crippen molar-refractivity contribution < 1.29 is 14.5 Å². The summed E-state index contributed by atoms with van der Waals surface area (Å²) in [4.78, 5) is 41.7. The highest BCUT2D eigenvalue weighted by Crippen LogP contribution is 2.30. The molecule has 0 fully saturated rings. The van der Waals surface area contributed by atoms with Gasteiger partial charge in [-0.1, -0.05) is 36.0 Å². The molecular weight excluding hydrogens is 468 g/mol. The quantitative estimate of drug-likeness (QED) is 0.173. The van der Waals surface area contributed by atoms with Crippen LogP contribution in [0.3, 0.4) is 0 Å². The first kappa shape index (κ1) is 24.0. The Morgan fingerprint density at radius 3 is 2.66 bits per heavy atom. The zero-order valence-electron chi connectivity index (χ0n) is 19.3. The SMILES string of the molecule is COc1ccc(NC(=O)CSc2nc3ccccc3c(=O)n2-c2cc(C)ccc2C)c([N+](=O)[O-])c1. The topological polar surface area (TPSA) is 116 Å². The van der Waals surface area contributed by atoms with Gasteiger partial charge < -0.3 is 10.1 Å². The smallest absolute Gasteiger partial charge is 0.296 e. The lowest BCUT2D eigenvalue weighted by Crippen LogP contribution is -2.23. The number of hydrogen-bond acceptors (Lipinski definition) is 7. The fraction of sp³-hybridized carbons (Fsp3) is 0.160. The summed E-state index contributed by atoms with van der Waals surface area (Å²) >= 11 is 1.08. The molecule has 0 bridgehead atoms. The second-order valence-electron chi connectivity index (χ2n) is 7.82. The predicted molar refractivity (Wildman–Crippen MR) is 136 cm³/mol. The molecule has 3 aromatic carbocycles. The van der Waals surface area contributed by atoms with Crippen LogP contribution in [-0.4, -0.2) is 33.2 Å². The number of aromatic nitrogens is 2. The number of nitrogens with zero attached hydrogens (tertiary/aromatic N) is 3. The number of ether oxygens (including phenoxy) is 1. The third-order valence-corrected chi connectivity index (χ3v) is 6.30. The van der Waals surface area contributed by atoms with Gasteiger partial charge in [0.15, 0.2) is 5.16 Å². The Morgan fingerprint density at radius 1 is 1.14 bits per heavy atom. The molecule has 1 heterocycles. The average molecular weight is 491 g/mol. The molecule has 4 rings (SSSR count). The number of para-hydroxylation sites is 1.